The van der Waals surface area contributed by atoms with Crippen molar-refractivity contribution in [1.82, 2.24) is 0 Å². The topological polar surface area (TPSA) is 9.23 Å². The van der Waals surface area contributed by atoms with Crippen molar-refractivity contribution in [2.24, 2.45) is 0 Å². The van der Waals surface area contributed by atoms with Gasteiger partial charge in [-0.25, -0.2) is 4.39 Å². The average Bonchev–Trinajstić information content (AvgIpc) is 2.30. The van der Waals surface area contributed by atoms with Crippen LogP contribution < -0.4 is 4.74 Å². The van der Waals surface area contributed by atoms with E-state index in [0.29, 0.717) is 6.61 Å². The molecule has 0 aromatic heterocycles. The van der Waals surface area contributed by atoms with Crippen LogP contribution in [0.3, 0.4) is 0 Å². The van der Waals surface area contributed by atoms with Gasteiger partial charge in [0.15, 0.2) is 11.6 Å². The zero-order valence-corrected chi connectivity index (χ0v) is 11.0. The Labute approximate surface area is 108 Å². The Kier molecular flexibility index (Phi) is 3.79. The van der Waals surface area contributed by atoms with Crippen LogP contribution in [0.25, 0.3) is 0 Å². The number of para-hydroxylation sites is 1. The highest BCUT2D eigenvalue weighted by Gasteiger charge is 2.04. The lowest BCUT2D eigenvalue weighted by molar-refractivity contribution is 0.289. The number of aryl methyl sites for hydroxylation is 1. The van der Waals surface area contributed by atoms with Crippen LogP contribution in [0.2, 0.25) is 0 Å². The summed E-state index contributed by atoms with van der Waals surface area (Å²) in [5, 5.41) is 0. The third kappa shape index (κ3) is 3.07. The molecule has 0 radical (unpaired) electrons. The fourth-order valence-corrected chi connectivity index (χ4v) is 2.01. The minimum Gasteiger partial charge on any atom is -0.486 e. The summed E-state index contributed by atoms with van der Waals surface area (Å²) in [6, 6.07) is 12.4. The summed E-state index contributed by atoms with van der Waals surface area (Å²) in [6.45, 7) is 2.38. The van der Waals surface area contributed by atoms with Crippen molar-refractivity contribution < 1.29 is 9.13 Å². The number of hydrogen-bond acceptors (Lipinski definition) is 1. The average molecular weight is 295 g/mol. The van der Waals surface area contributed by atoms with Crippen LogP contribution in [0.4, 0.5) is 4.39 Å². The first-order valence-electron chi connectivity index (χ1n) is 5.29. The molecule has 0 amide bonds. The maximum atomic E-state index is 13.3. The lowest BCUT2D eigenvalue weighted by Crippen LogP contribution is -1.99. The monoisotopic (exact) mass is 294 g/mol. The maximum absolute atomic E-state index is 13.3. The third-order valence-electron chi connectivity index (χ3n) is 2.52. The largest absolute Gasteiger partial charge is 0.486 e. The fraction of sp³-hybridized carbons (Fsp3) is 0.143. The number of ether oxygens (including phenoxy) is 1. The molecule has 3 heteroatoms. The Morgan fingerprint density at radius 2 is 1.94 bits per heavy atom. The molecule has 0 heterocycles. The van der Waals surface area contributed by atoms with Gasteiger partial charge in [-0.2, -0.15) is 0 Å². The smallest absolute Gasteiger partial charge is 0.165 e. The molecule has 1 nitrogen and oxygen atoms in total. The number of benzene rings is 2. The molecule has 0 unspecified atom stereocenters. The van der Waals surface area contributed by atoms with Crippen molar-refractivity contribution >= 4 is 15.9 Å². The van der Waals surface area contributed by atoms with Crippen LogP contribution in [0.15, 0.2) is 46.9 Å². The van der Waals surface area contributed by atoms with Crippen molar-refractivity contribution in [1.29, 1.82) is 0 Å². The highest BCUT2D eigenvalue weighted by molar-refractivity contribution is 9.10. The molecule has 2 aromatic carbocycles. The van der Waals surface area contributed by atoms with Crippen LogP contribution >= 0.6 is 15.9 Å². The number of halogens is 2. The van der Waals surface area contributed by atoms with Gasteiger partial charge in [-0.15, -0.1) is 0 Å². The number of rotatable bonds is 3. The normalized spacial score (nSPS) is 10.3. The van der Waals surface area contributed by atoms with Crippen molar-refractivity contribution in [2.75, 3.05) is 0 Å². The molecule has 0 spiro atoms. The lowest BCUT2D eigenvalue weighted by atomic mass is 10.1. The first-order chi connectivity index (χ1) is 8.16. The van der Waals surface area contributed by atoms with E-state index in [0.717, 1.165) is 15.6 Å². The maximum Gasteiger partial charge on any atom is 0.165 e. The second kappa shape index (κ2) is 5.32. The van der Waals surface area contributed by atoms with Gasteiger partial charge in [0, 0.05) is 4.47 Å². The molecule has 0 N–H and O–H groups in total. The Bertz CT molecular complexity index is 525. The van der Waals surface area contributed by atoms with E-state index in [9.17, 15) is 4.39 Å². The first-order valence-corrected chi connectivity index (χ1v) is 6.08. The van der Waals surface area contributed by atoms with E-state index in [2.05, 4.69) is 15.9 Å². The Morgan fingerprint density at radius 1 is 1.18 bits per heavy atom. The predicted molar refractivity (Wildman–Crippen MR) is 69.6 cm³/mol. The lowest BCUT2D eigenvalue weighted by Gasteiger charge is -2.09. The van der Waals surface area contributed by atoms with Crippen LogP contribution in [0.5, 0.6) is 5.75 Å². The second-order valence-corrected chi connectivity index (χ2v) is 4.71. The quantitative estimate of drug-likeness (QED) is 0.811. The molecular weight excluding hydrogens is 283 g/mol. The van der Waals surface area contributed by atoms with Crippen molar-refractivity contribution in [3.8, 4) is 5.75 Å². The minimum atomic E-state index is -0.331. The zero-order valence-electron chi connectivity index (χ0n) is 9.41. The van der Waals surface area contributed by atoms with Gasteiger partial charge in [0.2, 0.25) is 0 Å². The molecule has 0 aliphatic carbocycles. The van der Waals surface area contributed by atoms with Crippen LogP contribution in [0, 0.1) is 12.7 Å². The van der Waals surface area contributed by atoms with Crippen molar-refractivity contribution in [3.05, 3.63) is 63.9 Å². The molecule has 0 bridgehead atoms. The third-order valence-corrected chi connectivity index (χ3v) is 3.02. The van der Waals surface area contributed by atoms with E-state index in [1.807, 2.05) is 25.1 Å². The highest BCUT2D eigenvalue weighted by atomic mass is 79.9. The molecule has 0 atom stereocenters. The van der Waals surface area contributed by atoms with E-state index in [1.54, 1.807) is 18.2 Å². The van der Waals surface area contributed by atoms with Gasteiger partial charge in [-0.3, -0.25) is 0 Å². The highest BCUT2D eigenvalue weighted by Crippen LogP contribution is 2.20. The minimum absolute atomic E-state index is 0.287. The van der Waals surface area contributed by atoms with E-state index < -0.39 is 0 Å². The fourth-order valence-electron chi connectivity index (χ4n) is 1.54. The van der Waals surface area contributed by atoms with Gasteiger partial charge in [0.25, 0.3) is 0 Å². The molecule has 0 aliphatic rings. The van der Waals surface area contributed by atoms with Gasteiger partial charge in [-0.1, -0.05) is 34.1 Å². The second-order valence-electron chi connectivity index (χ2n) is 3.79. The van der Waals surface area contributed by atoms with Crippen molar-refractivity contribution in [2.45, 2.75) is 13.5 Å². The van der Waals surface area contributed by atoms with E-state index >= 15 is 0 Å². The standard InChI is InChI=1S/C14H12BrFO/c1-10-8-12(15)7-6-11(10)9-17-14-5-3-2-4-13(14)16/h2-8H,9H2,1H3. The van der Waals surface area contributed by atoms with E-state index in [1.165, 1.54) is 6.07 Å². The Balaban J connectivity index is 2.10. The van der Waals surface area contributed by atoms with Crippen LogP contribution in [-0.4, -0.2) is 0 Å². The summed E-state index contributed by atoms with van der Waals surface area (Å²) in [5.41, 5.74) is 2.17. The number of hydrogen-bond donors (Lipinski definition) is 0. The van der Waals surface area contributed by atoms with Crippen LogP contribution in [0.1, 0.15) is 11.1 Å². The molecule has 0 fully saturated rings. The summed E-state index contributed by atoms with van der Waals surface area (Å²) in [6.07, 6.45) is 0. The molecule has 0 saturated carbocycles. The summed E-state index contributed by atoms with van der Waals surface area (Å²) in [5.74, 6) is -0.0444. The summed E-state index contributed by atoms with van der Waals surface area (Å²) < 4.78 is 19.8. The molecule has 2 aromatic rings. The Hall–Kier alpha value is -1.35. The summed E-state index contributed by atoms with van der Waals surface area (Å²) in [4.78, 5) is 0. The molecule has 88 valence electrons. The van der Waals surface area contributed by atoms with E-state index in [4.69, 9.17) is 4.74 Å². The molecule has 0 saturated heterocycles. The zero-order chi connectivity index (χ0) is 12.3. The molecule has 17 heavy (non-hydrogen) atoms. The molecule has 0 aliphatic heterocycles. The summed E-state index contributed by atoms with van der Waals surface area (Å²) in [7, 11) is 0. The Morgan fingerprint density at radius 3 is 2.65 bits per heavy atom. The SMILES string of the molecule is Cc1cc(Br)ccc1COc1ccccc1F. The van der Waals surface area contributed by atoms with Gasteiger partial charge < -0.3 is 4.74 Å². The van der Waals surface area contributed by atoms with E-state index in [-0.39, 0.29) is 11.6 Å². The van der Waals surface area contributed by atoms with Gasteiger partial charge in [0.1, 0.15) is 6.61 Å². The van der Waals surface area contributed by atoms with Gasteiger partial charge in [-0.05, 0) is 42.3 Å². The van der Waals surface area contributed by atoms with Gasteiger partial charge >= 0.3 is 0 Å². The van der Waals surface area contributed by atoms with Crippen molar-refractivity contribution in [3.63, 3.8) is 0 Å². The van der Waals surface area contributed by atoms with Crippen LogP contribution in [-0.2, 0) is 6.61 Å². The molecular formula is C14H12BrFO. The summed E-state index contributed by atoms with van der Waals surface area (Å²) >= 11 is 3.40. The first kappa shape index (κ1) is 12.1. The van der Waals surface area contributed by atoms with Gasteiger partial charge in [0.05, 0.1) is 0 Å². The molecule has 2 rings (SSSR count). The predicted octanol–water partition coefficient (Wildman–Crippen LogP) is 4.48.